The van der Waals surface area contributed by atoms with Gasteiger partial charge in [-0.1, -0.05) is 198 Å². The molecule has 0 saturated carbocycles. The summed E-state index contributed by atoms with van der Waals surface area (Å²) in [6, 6.07) is -0.726. The van der Waals surface area contributed by atoms with Crippen molar-refractivity contribution in [1.29, 1.82) is 0 Å². The quantitative estimate of drug-likeness (QED) is 0.0331. The number of carbonyl (C=O) groups is 2. The summed E-state index contributed by atoms with van der Waals surface area (Å²) in [6.45, 7) is 6.38. The molecule has 0 bridgehead atoms. The summed E-state index contributed by atoms with van der Waals surface area (Å²) in [7, 11) is 0. The number of allylic oxidation sites excluding steroid dienone is 7. The van der Waals surface area contributed by atoms with Gasteiger partial charge >= 0.3 is 5.97 Å². The molecule has 6 nitrogen and oxygen atoms in total. The molecule has 3 N–H and O–H groups in total. The minimum absolute atomic E-state index is 0.00298. The van der Waals surface area contributed by atoms with Crippen molar-refractivity contribution in [3.05, 3.63) is 48.6 Å². The number of hydrogen-bond donors (Lipinski definition) is 3. The Morgan fingerprint density at radius 1 is 0.566 bits per heavy atom. The van der Waals surface area contributed by atoms with Crippen LogP contribution in [0.15, 0.2) is 48.6 Å². The second kappa shape index (κ2) is 41.0. The zero-order valence-electron chi connectivity index (χ0n) is 34.9. The van der Waals surface area contributed by atoms with E-state index in [1.165, 1.54) is 109 Å². The van der Waals surface area contributed by atoms with Crippen LogP contribution in [0.2, 0.25) is 0 Å². The molecule has 0 radical (unpaired) electrons. The van der Waals surface area contributed by atoms with Crippen molar-refractivity contribution in [2.24, 2.45) is 0 Å². The molecule has 0 aromatic carbocycles. The van der Waals surface area contributed by atoms with Crippen LogP contribution in [0.4, 0.5) is 0 Å². The fraction of sp³-hybridized carbons (Fsp3) is 0.787. The summed E-state index contributed by atoms with van der Waals surface area (Å²) in [5.41, 5.74) is 0. The summed E-state index contributed by atoms with van der Waals surface area (Å²) in [5, 5.41) is 23.5. The monoisotopic (exact) mass is 744 g/mol. The highest BCUT2D eigenvalue weighted by atomic mass is 16.5. The normalized spacial score (nSPS) is 13.8. The van der Waals surface area contributed by atoms with E-state index in [9.17, 15) is 19.8 Å². The lowest BCUT2D eigenvalue weighted by Crippen LogP contribution is -2.46. The maximum Gasteiger partial charge on any atom is 0.306 e. The van der Waals surface area contributed by atoms with E-state index in [1.807, 2.05) is 12.2 Å². The van der Waals surface area contributed by atoms with E-state index in [4.69, 9.17) is 4.74 Å². The van der Waals surface area contributed by atoms with Gasteiger partial charge in [0.2, 0.25) is 5.91 Å². The number of esters is 1. The van der Waals surface area contributed by atoms with Crippen LogP contribution in [0, 0.1) is 0 Å². The number of ether oxygens (including phenoxy) is 1. The van der Waals surface area contributed by atoms with Gasteiger partial charge in [0.25, 0.3) is 0 Å². The van der Waals surface area contributed by atoms with Gasteiger partial charge in [-0.05, 0) is 44.9 Å². The summed E-state index contributed by atoms with van der Waals surface area (Å²) >= 11 is 0. The van der Waals surface area contributed by atoms with E-state index in [1.54, 1.807) is 0 Å². The van der Waals surface area contributed by atoms with Gasteiger partial charge < -0.3 is 20.3 Å². The Morgan fingerprint density at radius 3 is 1.51 bits per heavy atom. The zero-order valence-corrected chi connectivity index (χ0v) is 34.9. The van der Waals surface area contributed by atoms with Crippen molar-refractivity contribution in [3.8, 4) is 0 Å². The molecule has 0 spiro atoms. The molecule has 0 rings (SSSR count). The molecule has 0 aromatic rings. The largest absolute Gasteiger partial charge is 0.461 e. The van der Waals surface area contributed by atoms with Crippen LogP contribution in [0.5, 0.6) is 0 Å². The van der Waals surface area contributed by atoms with Crippen molar-refractivity contribution >= 4 is 11.9 Å². The molecule has 0 aliphatic rings. The van der Waals surface area contributed by atoms with E-state index in [0.29, 0.717) is 19.3 Å². The number of aliphatic hydroxyl groups excluding tert-OH is 2. The molecule has 0 saturated heterocycles. The first-order valence-electron chi connectivity index (χ1n) is 22.4. The molecule has 3 atom stereocenters. The third kappa shape index (κ3) is 36.6. The molecule has 0 fully saturated rings. The van der Waals surface area contributed by atoms with Crippen molar-refractivity contribution < 1.29 is 24.5 Å². The average Bonchev–Trinajstić information content (AvgIpc) is 3.15. The highest BCUT2D eigenvalue weighted by molar-refractivity contribution is 5.77. The van der Waals surface area contributed by atoms with Gasteiger partial charge in [-0.3, -0.25) is 9.59 Å². The predicted octanol–water partition coefficient (Wildman–Crippen LogP) is 12.7. The second-order valence-electron chi connectivity index (χ2n) is 15.1. The summed E-state index contributed by atoms with van der Waals surface area (Å²) < 4.78 is 5.82. The standard InChI is InChI=1S/C47H85NO5/c1-4-7-10-13-16-19-21-22-23-24-25-27-29-32-35-38-43(53-47(52)40-37-34-31-26-18-15-12-9-6-3)41-46(51)48-44(42-49)45(50)39-36-33-30-28-20-17-14-11-8-5-2/h16,19,22-23,25,27,32,35,43-45,49-50H,4-15,17-18,20-21,24,26,28-31,33-34,36-42H2,1-3H3,(H,48,51)/b19-16-,23-22-,27-25-,35-32-. The lowest BCUT2D eigenvalue weighted by molar-refractivity contribution is -0.150. The van der Waals surface area contributed by atoms with E-state index in [2.05, 4.69) is 62.5 Å². The Morgan fingerprint density at radius 2 is 1.00 bits per heavy atom. The molecule has 6 heteroatoms. The summed E-state index contributed by atoms with van der Waals surface area (Å²) in [6.07, 6.45) is 47.6. The van der Waals surface area contributed by atoms with Crippen LogP contribution in [-0.2, 0) is 14.3 Å². The number of nitrogens with one attached hydrogen (secondary N) is 1. The number of rotatable bonds is 39. The van der Waals surface area contributed by atoms with Gasteiger partial charge in [0.1, 0.15) is 6.10 Å². The van der Waals surface area contributed by atoms with Gasteiger partial charge in [-0.2, -0.15) is 0 Å². The maximum absolute atomic E-state index is 13.1. The van der Waals surface area contributed by atoms with Gasteiger partial charge in [0.05, 0.1) is 25.2 Å². The van der Waals surface area contributed by atoms with Crippen LogP contribution in [-0.4, -0.2) is 46.9 Å². The number of hydrogen-bond acceptors (Lipinski definition) is 5. The summed E-state index contributed by atoms with van der Waals surface area (Å²) in [5.74, 6) is -0.579. The van der Waals surface area contributed by atoms with E-state index in [0.717, 1.165) is 57.8 Å². The van der Waals surface area contributed by atoms with Crippen LogP contribution in [0.3, 0.4) is 0 Å². The molecule has 3 unspecified atom stereocenters. The minimum Gasteiger partial charge on any atom is -0.461 e. The third-order valence-corrected chi connectivity index (χ3v) is 9.91. The van der Waals surface area contributed by atoms with E-state index in [-0.39, 0.29) is 24.9 Å². The lowest BCUT2D eigenvalue weighted by atomic mass is 10.0. The first-order valence-corrected chi connectivity index (χ1v) is 22.4. The van der Waals surface area contributed by atoms with Crippen molar-refractivity contribution in [3.63, 3.8) is 0 Å². The molecular formula is C47H85NO5. The van der Waals surface area contributed by atoms with E-state index < -0.39 is 18.2 Å². The minimum atomic E-state index is -0.806. The van der Waals surface area contributed by atoms with Crippen molar-refractivity contribution in [2.45, 2.75) is 232 Å². The van der Waals surface area contributed by atoms with Gasteiger partial charge in [0.15, 0.2) is 0 Å². The molecule has 0 aliphatic carbocycles. The first-order chi connectivity index (χ1) is 26.0. The van der Waals surface area contributed by atoms with Gasteiger partial charge in [-0.15, -0.1) is 0 Å². The molecule has 0 aliphatic heterocycles. The smallest absolute Gasteiger partial charge is 0.306 e. The van der Waals surface area contributed by atoms with Crippen molar-refractivity contribution in [1.82, 2.24) is 5.32 Å². The third-order valence-electron chi connectivity index (χ3n) is 9.91. The molecular weight excluding hydrogens is 659 g/mol. The Hall–Kier alpha value is -2.18. The number of unbranched alkanes of at least 4 members (excludes halogenated alkanes) is 20. The Balaban J connectivity index is 4.76. The average molecular weight is 744 g/mol. The molecule has 53 heavy (non-hydrogen) atoms. The Bertz CT molecular complexity index is 926. The highest BCUT2D eigenvalue weighted by Crippen LogP contribution is 2.15. The summed E-state index contributed by atoms with van der Waals surface area (Å²) in [4.78, 5) is 25.8. The van der Waals surface area contributed by atoms with E-state index >= 15 is 0 Å². The number of carbonyl (C=O) groups excluding carboxylic acids is 2. The highest BCUT2D eigenvalue weighted by Gasteiger charge is 2.23. The molecule has 0 heterocycles. The second-order valence-corrected chi connectivity index (χ2v) is 15.1. The Labute approximate surface area is 327 Å². The van der Waals surface area contributed by atoms with Crippen LogP contribution in [0.1, 0.15) is 213 Å². The zero-order chi connectivity index (χ0) is 38.9. The predicted molar refractivity (Wildman–Crippen MR) is 227 cm³/mol. The fourth-order valence-electron chi connectivity index (χ4n) is 6.47. The number of amides is 1. The molecule has 1 amide bonds. The fourth-order valence-corrected chi connectivity index (χ4v) is 6.47. The SMILES string of the molecule is CCCCC/C=C\C/C=C\C/C=C\C/C=C\CC(CC(=O)NC(CO)C(O)CCCCCCCCCCCC)OC(=O)CCCCCCCCCCC. The van der Waals surface area contributed by atoms with Gasteiger partial charge in [-0.25, -0.2) is 0 Å². The van der Waals surface area contributed by atoms with Crippen LogP contribution < -0.4 is 5.32 Å². The lowest BCUT2D eigenvalue weighted by Gasteiger charge is -2.24. The van der Waals surface area contributed by atoms with Crippen LogP contribution in [0.25, 0.3) is 0 Å². The Kier molecular flexibility index (Phi) is 39.3. The molecule has 0 aromatic heterocycles. The number of aliphatic hydroxyl groups is 2. The van der Waals surface area contributed by atoms with Crippen LogP contribution >= 0.6 is 0 Å². The first kappa shape index (κ1) is 50.8. The van der Waals surface area contributed by atoms with Gasteiger partial charge in [0, 0.05) is 12.8 Å². The topological polar surface area (TPSA) is 95.9 Å². The maximum atomic E-state index is 13.1. The molecule has 308 valence electrons. The van der Waals surface area contributed by atoms with Crippen molar-refractivity contribution in [2.75, 3.05) is 6.61 Å².